The lowest BCUT2D eigenvalue weighted by atomic mass is 9.92. The minimum absolute atomic E-state index is 0.0374. The van der Waals surface area contributed by atoms with Gasteiger partial charge in [0.2, 0.25) is 5.91 Å². The Labute approximate surface area is 177 Å². The first-order valence-corrected chi connectivity index (χ1v) is 10.5. The van der Waals surface area contributed by atoms with Crippen LogP contribution >= 0.6 is 11.6 Å². The van der Waals surface area contributed by atoms with E-state index in [4.69, 9.17) is 25.8 Å². The summed E-state index contributed by atoms with van der Waals surface area (Å²) >= 11 is 5.84. The predicted molar refractivity (Wildman–Crippen MR) is 114 cm³/mol. The second kappa shape index (κ2) is 9.88. The number of amides is 1. The average Bonchev–Trinajstić information content (AvgIpc) is 2.76. The first-order valence-electron chi connectivity index (χ1n) is 9.93. The maximum Gasteiger partial charge on any atom is 0.224 e. The molecule has 0 radical (unpaired) electrons. The van der Waals surface area contributed by atoms with Gasteiger partial charge in [0.25, 0.3) is 0 Å². The van der Waals surface area contributed by atoms with Gasteiger partial charge in [-0.2, -0.15) is 0 Å². The first-order chi connectivity index (χ1) is 14.1. The standard InChI is InChI=1S/C23H28ClNO4/c1-4-16-5-7-18(8-6-16)29-15-20-19-14-22(28-3)21(27-2)13-17(19)10-12-25(20)23(26)9-11-24/h5-8,13-14,20H,4,9-12,15H2,1-3H3. The second-order valence-corrected chi connectivity index (χ2v) is 7.38. The molecule has 5 nitrogen and oxygen atoms in total. The number of fused-ring (bicyclic) bond motifs is 1. The molecule has 6 heteroatoms. The fraction of sp³-hybridized carbons (Fsp3) is 0.435. The van der Waals surface area contributed by atoms with Gasteiger partial charge in [-0.1, -0.05) is 19.1 Å². The molecule has 1 aliphatic heterocycles. The Balaban J connectivity index is 1.90. The minimum Gasteiger partial charge on any atom is -0.493 e. The number of aryl methyl sites for hydroxylation is 1. The number of hydrogen-bond acceptors (Lipinski definition) is 4. The molecule has 2 aromatic carbocycles. The molecule has 1 heterocycles. The molecule has 0 saturated heterocycles. The van der Waals surface area contributed by atoms with E-state index in [1.165, 1.54) is 5.56 Å². The van der Waals surface area contributed by atoms with E-state index in [9.17, 15) is 4.79 Å². The number of carbonyl (C=O) groups excluding carboxylic acids is 1. The van der Waals surface area contributed by atoms with Gasteiger partial charge in [0.15, 0.2) is 11.5 Å². The van der Waals surface area contributed by atoms with E-state index in [2.05, 4.69) is 19.1 Å². The summed E-state index contributed by atoms with van der Waals surface area (Å²) in [7, 11) is 3.24. The Bertz CT molecular complexity index is 838. The molecule has 0 bridgehead atoms. The summed E-state index contributed by atoms with van der Waals surface area (Å²) in [4.78, 5) is 14.6. The summed E-state index contributed by atoms with van der Waals surface area (Å²) in [5.41, 5.74) is 3.44. The zero-order valence-corrected chi connectivity index (χ0v) is 18.0. The van der Waals surface area contributed by atoms with Crippen LogP contribution in [0.2, 0.25) is 0 Å². The molecule has 156 valence electrons. The van der Waals surface area contributed by atoms with Crippen molar-refractivity contribution in [3.63, 3.8) is 0 Å². The summed E-state index contributed by atoms with van der Waals surface area (Å²) in [5.74, 6) is 2.48. The highest BCUT2D eigenvalue weighted by Gasteiger charge is 2.32. The highest BCUT2D eigenvalue weighted by atomic mass is 35.5. The van der Waals surface area contributed by atoms with Gasteiger partial charge < -0.3 is 19.1 Å². The first kappa shape index (κ1) is 21.3. The van der Waals surface area contributed by atoms with Crippen LogP contribution in [0, 0.1) is 0 Å². The number of benzene rings is 2. The number of nitrogens with zero attached hydrogens (tertiary/aromatic N) is 1. The lowest BCUT2D eigenvalue weighted by molar-refractivity contribution is -0.134. The lowest BCUT2D eigenvalue weighted by Gasteiger charge is -2.37. The van der Waals surface area contributed by atoms with Gasteiger partial charge in [-0.3, -0.25) is 4.79 Å². The van der Waals surface area contributed by atoms with Gasteiger partial charge >= 0.3 is 0 Å². The number of carbonyl (C=O) groups is 1. The quantitative estimate of drug-likeness (QED) is 0.597. The Morgan fingerprint density at radius 3 is 2.45 bits per heavy atom. The summed E-state index contributed by atoms with van der Waals surface area (Å²) < 4.78 is 17.0. The van der Waals surface area contributed by atoms with Crippen LogP contribution in [-0.2, 0) is 17.6 Å². The van der Waals surface area contributed by atoms with Crippen LogP contribution in [0.3, 0.4) is 0 Å². The number of methoxy groups -OCH3 is 2. The van der Waals surface area contributed by atoms with Gasteiger partial charge in [-0.25, -0.2) is 0 Å². The maximum absolute atomic E-state index is 12.7. The Kier molecular flexibility index (Phi) is 7.26. The van der Waals surface area contributed by atoms with Crippen LogP contribution in [0.4, 0.5) is 0 Å². The molecule has 2 aromatic rings. The molecule has 0 N–H and O–H groups in total. The van der Waals surface area contributed by atoms with Crippen molar-refractivity contribution in [3.05, 3.63) is 53.1 Å². The van der Waals surface area contributed by atoms with E-state index in [0.29, 0.717) is 37.0 Å². The number of hydrogen-bond donors (Lipinski definition) is 0. The van der Waals surface area contributed by atoms with Crippen molar-refractivity contribution in [1.82, 2.24) is 4.90 Å². The number of alkyl halides is 1. The SMILES string of the molecule is CCc1ccc(OCC2c3cc(OC)c(OC)cc3CCN2C(=O)CCCl)cc1. The molecule has 29 heavy (non-hydrogen) atoms. The van der Waals surface area contributed by atoms with Gasteiger partial charge in [0.05, 0.1) is 20.3 Å². The normalized spacial score (nSPS) is 15.6. The molecule has 1 unspecified atom stereocenters. The van der Waals surface area contributed by atoms with Crippen molar-refractivity contribution in [2.24, 2.45) is 0 Å². The Hall–Kier alpha value is -2.40. The van der Waals surface area contributed by atoms with Gasteiger partial charge in [0.1, 0.15) is 12.4 Å². The molecular formula is C23H28ClNO4. The number of rotatable bonds is 8. The van der Waals surface area contributed by atoms with Crippen molar-refractivity contribution in [1.29, 1.82) is 0 Å². The third-order valence-electron chi connectivity index (χ3n) is 5.37. The van der Waals surface area contributed by atoms with E-state index < -0.39 is 0 Å². The van der Waals surface area contributed by atoms with Crippen LogP contribution in [-0.4, -0.2) is 44.1 Å². The molecule has 1 aliphatic rings. The van der Waals surface area contributed by atoms with Crippen molar-refractivity contribution in [2.75, 3.05) is 33.3 Å². The number of ether oxygens (including phenoxy) is 3. The van der Waals surface area contributed by atoms with E-state index in [1.807, 2.05) is 29.2 Å². The van der Waals surface area contributed by atoms with Crippen molar-refractivity contribution < 1.29 is 19.0 Å². The second-order valence-electron chi connectivity index (χ2n) is 7.01. The van der Waals surface area contributed by atoms with Crippen molar-refractivity contribution in [2.45, 2.75) is 32.2 Å². The largest absolute Gasteiger partial charge is 0.493 e. The smallest absolute Gasteiger partial charge is 0.224 e. The van der Waals surface area contributed by atoms with E-state index >= 15 is 0 Å². The molecule has 1 atom stereocenters. The van der Waals surface area contributed by atoms with Crippen LogP contribution in [0.15, 0.2) is 36.4 Å². The number of halogens is 1. The van der Waals surface area contributed by atoms with Gasteiger partial charge in [-0.05, 0) is 53.8 Å². The lowest BCUT2D eigenvalue weighted by Crippen LogP contribution is -2.42. The van der Waals surface area contributed by atoms with Crippen molar-refractivity contribution in [3.8, 4) is 17.2 Å². The molecule has 0 spiro atoms. The Morgan fingerprint density at radius 2 is 1.83 bits per heavy atom. The molecule has 0 aliphatic carbocycles. The molecule has 0 aromatic heterocycles. The van der Waals surface area contributed by atoms with Crippen LogP contribution in [0.5, 0.6) is 17.2 Å². The third-order valence-corrected chi connectivity index (χ3v) is 5.56. The molecule has 3 rings (SSSR count). The van der Waals surface area contributed by atoms with Crippen molar-refractivity contribution >= 4 is 17.5 Å². The van der Waals surface area contributed by atoms with E-state index in [0.717, 1.165) is 29.7 Å². The monoisotopic (exact) mass is 417 g/mol. The topological polar surface area (TPSA) is 48.0 Å². The van der Waals surface area contributed by atoms with Gasteiger partial charge in [0, 0.05) is 18.8 Å². The zero-order chi connectivity index (χ0) is 20.8. The molecule has 1 amide bonds. The fourth-order valence-electron chi connectivity index (χ4n) is 3.73. The molecule has 0 fully saturated rings. The highest BCUT2D eigenvalue weighted by Crippen LogP contribution is 2.38. The zero-order valence-electron chi connectivity index (χ0n) is 17.2. The van der Waals surface area contributed by atoms with E-state index in [1.54, 1.807) is 14.2 Å². The molecule has 0 saturated carbocycles. The Morgan fingerprint density at radius 1 is 1.14 bits per heavy atom. The van der Waals surface area contributed by atoms with E-state index in [-0.39, 0.29) is 11.9 Å². The highest BCUT2D eigenvalue weighted by molar-refractivity contribution is 6.18. The van der Waals surface area contributed by atoms with Crippen LogP contribution < -0.4 is 14.2 Å². The molecular weight excluding hydrogens is 390 g/mol. The van der Waals surface area contributed by atoms with Gasteiger partial charge in [-0.15, -0.1) is 11.6 Å². The minimum atomic E-state index is -0.208. The summed E-state index contributed by atoms with van der Waals surface area (Å²) in [6, 6.07) is 11.8. The van der Waals surface area contributed by atoms with Crippen LogP contribution in [0.25, 0.3) is 0 Å². The summed E-state index contributed by atoms with van der Waals surface area (Å²) in [6.45, 7) is 3.11. The average molecular weight is 418 g/mol. The maximum atomic E-state index is 12.7. The summed E-state index contributed by atoms with van der Waals surface area (Å²) in [5, 5.41) is 0. The third kappa shape index (κ3) is 4.78. The predicted octanol–water partition coefficient (Wildman–Crippen LogP) is 4.40. The van der Waals surface area contributed by atoms with Crippen LogP contribution in [0.1, 0.15) is 36.1 Å². The summed E-state index contributed by atoms with van der Waals surface area (Å²) in [6.07, 6.45) is 2.05. The fourth-order valence-corrected chi connectivity index (χ4v) is 3.89.